The zero-order chi connectivity index (χ0) is 13.9. The van der Waals surface area contributed by atoms with Crippen LogP contribution in [0, 0.1) is 5.92 Å². The maximum atomic E-state index is 5.91. The van der Waals surface area contributed by atoms with Gasteiger partial charge in [-0.25, -0.2) is 0 Å². The molecule has 1 aliphatic carbocycles. The van der Waals surface area contributed by atoms with Crippen LogP contribution in [0.2, 0.25) is 0 Å². The van der Waals surface area contributed by atoms with Gasteiger partial charge in [0.1, 0.15) is 0 Å². The van der Waals surface area contributed by atoms with Crippen molar-refractivity contribution in [2.45, 2.75) is 32.3 Å². The van der Waals surface area contributed by atoms with Crippen molar-refractivity contribution in [2.75, 3.05) is 12.3 Å². The summed E-state index contributed by atoms with van der Waals surface area (Å²) in [6, 6.07) is 7.55. The Morgan fingerprint density at radius 1 is 1.35 bits per heavy atom. The quantitative estimate of drug-likeness (QED) is 0.848. The van der Waals surface area contributed by atoms with E-state index in [1.165, 1.54) is 0 Å². The average Bonchev–Trinajstić information content (AvgIpc) is 2.85. The lowest BCUT2D eigenvalue weighted by Crippen LogP contribution is -2.32. The third-order valence-corrected chi connectivity index (χ3v) is 3.73. The number of anilines is 1. The molecule has 3 rings (SSSR count). The highest BCUT2D eigenvalue weighted by Gasteiger charge is 2.31. The van der Waals surface area contributed by atoms with Gasteiger partial charge in [-0.1, -0.05) is 17.3 Å². The summed E-state index contributed by atoms with van der Waals surface area (Å²) in [7, 11) is 0. The lowest BCUT2D eigenvalue weighted by molar-refractivity contribution is -0.0258. The van der Waals surface area contributed by atoms with E-state index in [9.17, 15) is 0 Å². The molecule has 106 valence electrons. The van der Waals surface area contributed by atoms with Crippen LogP contribution < -0.4 is 5.73 Å². The summed E-state index contributed by atoms with van der Waals surface area (Å²) >= 11 is 0. The number of para-hydroxylation sites is 1. The minimum atomic E-state index is 0.414. The van der Waals surface area contributed by atoms with Gasteiger partial charge in [-0.2, -0.15) is 4.98 Å². The van der Waals surface area contributed by atoms with Gasteiger partial charge in [-0.15, -0.1) is 0 Å². The highest BCUT2D eigenvalue weighted by molar-refractivity contribution is 5.70. The fourth-order valence-electron chi connectivity index (χ4n) is 2.61. The molecule has 0 atom stereocenters. The lowest BCUT2D eigenvalue weighted by atomic mass is 9.80. The van der Waals surface area contributed by atoms with Crippen LogP contribution in [0.4, 0.5) is 5.69 Å². The second-order valence-electron chi connectivity index (χ2n) is 5.22. The van der Waals surface area contributed by atoms with E-state index >= 15 is 0 Å². The van der Waals surface area contributed by atoms with Crippen molar-refractivity contribution >= 4 is 5.69 Å². The van der Waals surface area contributed by atoms with Crippen LogP contribution in [0.5, 0.6) is 0 Å². The van der Waals surface area contributed by atoms with Crippen molar-refractivity contribution in [1.82, 2.24) is 10.1 Å². The Morgan fingerprint density at radius 3 is 2.90 bits per heavy atom. The van der Waals surface area contributed by atoms with Gasteiger partial charge in [0, 0.05) is 24.3 Å². The number of aromatic nitrogens is 2. The van der Waals surface area contributed by atoms with E-state index < -0.39 is 0 Å². The Bertz CT molecular complexity index is 576. The fourth-order valence-corrected chi connectivity index (χ4v) is 2.61. The van der Waals surface area contributed by atoms with Gasteiger partial charge in [-0.3, -0.25) is 0 Å². The highest BCUT2D eigenvalue weighted by atomic mass is 16.5. The number of ether oxygens (including phenoxy) is 1. The molecule has 5 nitrogen and oxygen atoms in total. The van der Waals surface area contributed by atoms with Crippen LogP contribution in [-0.4, -0.2) is 22.9 Å². The van der Waals surface area contributed by atoms with Gasteiger partial charge in [0.15, 0.2) is 0 Å². The summed E-state index contributed by atoms with van der Waals surface area (Å²) in [5.41, 5.74) is 7.40. The van der Waals surface area contributed by atoms with Crippen LogP contribution in [0.1, 0.15) is 25.7 Å². The number of rotatable bonds is 5. The molecule has 1 saturated carbocycles. The molecule has 2 aromatic rings. The third kappa shape index (κ3) is 2.67. The Kier molecular flexibility index (Phi) is 3.69. The summed E-state index contributed by atoms with van der Waals surface area (Å²) in [6.45, 7) is 2.82. The van der Waals surface area contributed by atoms with Crippen molar-refractivity contribution in [2.24, 2.45) is 5.92 Å². The first-order valence-electron chi connectivity index (χ1n) is 7.05. The summed E-state index contributed by atoms with van der Waals surface area (Å²) in [6.07, 6.45) is 3.40. The molecule has 1 aromatic heterocycles. The molecular formula is C15H19N3O2. The lowest BCUT2D eigenvalue weighted by Gasteiger charge is -2.33. The molecule has 0 saturated heterocycles. The first-order valence-corrected chi connectivity index (χ1v) is 7.05. The van der Waals surface area contributed by atoms with Crippen LogP contribution in [0.25, 0.3) is 11.4 Å². The first-order chi connectivity index (χ1) is 9.76. The Morgan fingerprint density at radius 2 is 2.15 bits per heavy atom. The summed E-state index contributed by atoms with van der Waals surface area (Å²) in [4.78, 5) is 4.44. The molecule has 1 fully saturated rings. The molecule has 2 N–H and O–H groups in total. The average molecular weight is 273 g/mol. The smallest absolute Gasteiger partial charge is 0.227 e. The maximum Gasteiger partial charge on any atom is 0.227 e. The predicted octanol–water partition coefficient (Wildman–Crippen LogP) is 2.68. The van der Waals surface area contributed by atoms with Crippen molar-refractivity contribution in [3.63, 3.8) is 0 Å². The number of nitrogens with zero attached hydrogens (tertiary/aromatic N) is 2. The molecule has 20 heavy (non-hydrogen) atoms. The maximum absolute atomic E-state index is 5.91. The molecule has 0 aliphatic heterocycles. The Balaban J connectivity index is 1.62. The van der Waals surface area contributed by atoms with E-state index in [1.807, 2.05) is 31.2 Å². The molecule has 0 radical (unpaired) electrons. The van der Waals surface area contributed by atoms with E-state index in [1.54, 1.807) is 0 Å². The van der Waals surface area contributed by atoms with Gasteiger partial charge < -0.3 is 15.0 Å². The molecular weight excluding hydrogens is 254 g/mol. The van der Waals surface area contributed by atoms with Crippen LogP contribution in [-0.2, 0) is 11.2 Å². The Labute approximate surface area is 118 Å². The van der Waals surface area contributed by atoms with Crippen LogP contribution in [0.3, 0.4) is 0 Å². The zero-order valence-corrected chi connectivity index (χ0v) is 11.6. The normalized spacial score (nSPS) is 21.6. The Hall–Kier alpha value is -1.88. The van der Waals surface area contributed by atoms with Gasteiger partial charge in [0.2, 0.25) is 11.7 Å². The number of hydrogen-bond donors (Lipinski definition) is 1. The van der Waals surface area contributed by atoms with Gasteiger partial charge >= 0.3 is 0 Å². The fraction of sp³-hybridized carbons (Fsp3) is 0.467. The zero-order valence-electron chi connectivity index (χ0n) is 11.6. The van der Waals surface area contributed by atoms with Crippen molar-refractivity contribution < 1.29 is 9.26 Å². The van der Waals surface area contributed by atoms with E-state index in [-0.39, 0.29) is 0 Å². The van der Waals surface area contributed by atoms with Crippen molar-refractivity contribution in [3.8, 4) is 11.4 Å². The molecule has 1 aliphatic rings. The summed E-state index contributed by atoms with van der Waals surface area (Å²) < 4.78 is 10.9. The van der Waals surface area contributed by atoms with Crippen LogP contribution >= 0.6 is 0 Å². The molecule has 0 spiro atoms. The van der Waals surface area contributed by atoms with E-state index in [4.69, 9.17) is 15.0 Å². The minimum absolute atomic E-state index is 0.414. The predicted molar refractivity (Wildman–Crippen MR) is 76.0 cm³/mol. The highest BCUT2D eigenvalue weighted by Crippen LogP contribution is 2.33. The number of hydrogen-bond acceptors (Lipinski definition) is 5. The molecule has 1 aromatic carbocycles. The molecule has 0 bridgehead atoms. The van der Waals surface area contributed by atoms with Crippen LogP contribution in [0.15, 0.2) is 28.8 Å². The number of benzene rings is 1. The SMILES string of the molecule is CCOC1CC(Cc2nc(-c3ccccc3N)no2)C1. The van der Waals surface area contributed by atoms with Crippen molar-refractivity contribution in [3.05, 3.63) is 30.2 Å². The molecule has 0 unspecified atom stereocenters. The largest absolute Gasteiger partial charge is 0.398 e. The van der Waals surface area contributed by atoms with E-state index in [0.717, 1.165) is 31.4 Å². The van der Waals surface area contributed by atoms with Gasteiger partial charge in [0.25, 0.3) is 0 Å². The second kappa shape index (κ2) is 5.63. The van der Waals surface area contributed by atoms with Gasteiger partial charge in [0.05, 0.1) is 6.10 Å². The minimum Gasteiger partial charge on any atom is -0.398 e. The van der Waals surface area contributed by atoms with Crippen molar-refractivity contribution in [1.29, 1.82) is 0 Å². The molecule has 5 heteroatoms. The number of nitrogen functional groups attached to an aromatic ring is 1. The first kappa shape index (κ1) is 13.1. The third-order valence-electron chi connectivity index (χ3n) is 3.73. The molecule has 0 amide bonds. The van der Waals surface area contributed by atoms with Gasteiger partial charge in [-0.05, 0) is 37.8 Å². The topological polar surface area (TPSA) is 74.2 Å². The standard InChI is InChI=1S/C15H19N3O2/c1-2-19-11-7-10(8-11)9-14-17-15(18-20-14)12-5-3-4-6-13(12)16/h3-6,10-11H,2,7-9,16H2,1H3. The monoisotopic (exact) mass is 273 g/mol. The second-order valence-corrected chi connectivity index (χ2v) is 5.22. The molecule has 1 heterocycles. The number of nitrogens with two attached hydrogens (primary N) is 1. The summed E-state index contributed by atoms with van der Waals surface area (Å²) in [5, 5.41) is 4.02. The van der Waals surface area contributed by atoms with E-state index in [0.29, 0.717) is 29.4 Å². The summed E-state index contributed by atoms with van der Waals surface area (Å²) in [5.74, 6) is 1.84. The van der Waals surface area contributed by atoms with E-state index in [2.05, 4.69) is 10.1 Å².